The Labute approximate surface area is 687 Å². The second kappa shape index (κ2) is 46.0. The zero-order valence-corrected chi connectivity index (χ0v) is 67.8. The number of likely N-dealkylation sites (N-methyl/N-ethyl adjacent to an activating group) is 4. The van der Waals surface area contributed by atoms with Crippen LogP contribution in [0.5, 0.6) is 5.75 Å². The summed E-state index contributed by atoms with van der Waals surface area (Å²) in [5.41, 5.74) is 19.6. The molecule has 0 unspecified atom stereocenters. The Balaban J connectivity index is 1.15. The predicted octanol–water partition coefficient (Wildman–Crippen LogP) is -4.04. The zero-order chi connectivity index (χ0) is 87.9. The maximum absolute atomic E-state index is 15.2. The van der Waals surface area contributed by atoms with E-state index in [1.165, 1.54) is 78.1 Å². The minimum absolute atomic E-state index is 0.00839. The normalized spacial score (nSPS) is 14.8. The Bertz CT molecular complexity index is 4420. The number of guanidine groups is 1. The van der Waals surface area contributed by atoms with Gasteiger partial charge in [0, 0.05) is 97.0 Å². The largest absolute Gasteiger partial charge is 0.508 e. The fourth-order valence-electron chi connectivity index (χ4n) is 13.3. The smallest absolute Gasteiger partial charge is 0.305 e. The van der Waals surface area contributed by atoms with E-state index in [1.807, 2.05) is 18.2 Å². The first-order chi connectivity index (χ1) is 56.5. The molecular formula is C80H110N20O19. The van der Waals surface area contributed by atoms with Crippen molar-refractivity contribution in [3.05, 3.63) is 138 Å². The Kier molecular flexibility index (Phi) is 36.7. The van der Waals surface area contributed by atoms with Crippen LogP contribution in [0.1, 0.15) is 88.5 Å². The third-order valence-electron chi connectivity index (χ3n) is 20.1. The molecule has 1 aliphatic rings. The van der Waals surface area contributed by atoms with Crippen LogP contribution < -0.4 is 70.4 Å². The van der Waals surface area contributed by atoms with Crippen LogP contribution in [-0.2, 0) is 102 Å². The number of carboxylic acids is 1. The Morgan fingerprint density at radius 3 is 1.71 bits per heavy atom. The van der Waals surface area contributed by atoms with E-state index in [2.05, 4.69) is 58.2 Å². The van der Waals surface area contributed by atoms with Crippen molar-refractivity contribution in [2.24, 2.45) is 23.1 Å². The van der Waals surface area contributed by atoms with Crippen molar-refractivity contribution in [2.75, 3.05) is 74.1 Å². The number of carbonyl (C=O) groups excluding carboxylic acids is 15. The highest BCUT2D eigenvalue weighted by Crippen LogP contribution is 2.25. The molecular weight excluding hydrogens is 1550 g/mol. The number of benzene rings is 4. The lowest BCUT2D eigenvalue weighted by molar-refractivity contribution is -0.149. The molecule has 11 atom stereocenters. The molecule has 0 saturated carbocycles. The number of nitrogens with zero attached hydrogens (tertiary/aromatic N) is 5. The van der Waals surface area contributed by atoms with Crippen LogP contribution in [0.3, 0.4) is 0 Å². The number of nitrogens with two attached hydrogens (primary N) is 3. The highest BCUT2D eigenvalue weighted by atomic mass is 16.4. The number of nitrogens with one attached hydrogen (secondary N) is 12. The van der Waals surface area contributed by atoms with Gasteiger partial charge < -0.3 is 115 Å². The van der Waals surface area contributed by atoms with Crippen LogP contribution in [0.4, 0.5) is 0 Å². The predicted molar refractivity (Wildman–Crippen MR) is 433 cm³/mol. The van der Waals surface area contributed by atoms with Crippen molar-refractivity contribution in [3.63, 3.8) is 0 Å². The van der Waals surface area contributed by atoms with Gasteiger partial charge in [0.1, 0.15) is 72.2 Å². The number of aliphatic hydroxyl groups is 1. The van der Waals surface area contributed by atoms with Gasteiger partial charge in [-0.05, 0) is 79.0 Å². The van der Waals surface area contributed by atoms with Crippen LogP contribution in [-0.4, -0.2) is 286 Å². The van der Waals surface area contributed by atoms with E-state index in [9.17, 15) is 77.6 Å². The lowest BCUT2D eigenvalue weighted by Crippen LogP contribution is -2.60. The molecule has 119 heavy (non-hydrogen) atoms. The number of amides is 15. The maximum atomic E-state index is 15.2. The number of aliphatic carboxylic acids is 1. The van der Waals surface area contributed by atoms with E-state index in [0.717, 1.165) is 30.5 Å². The maximum Gasteiger partial charge on any atom is 0.305 e. The molecule has 1 fully saturated rings. The first kappa shape index (κ1) is 94.8. The molecule has 15 amide bonds. The molecule has 0 radical (unpaired) electrons. The average Bonchev–Trinajstić information content (AvgIpc) is 1.63. The van der Waals surface area contributed by atoms with Crippen LogP contribution in [0.25, 0.3) is 10.9 Å². The minimum atomic E-state index is -1.86. The lowest BCUT2D eigenvalue weighted by atomic mass is 10.00. The number of rotatable bonds is 45. The SMILES string of the molecule is CCC(=O)N[C@H](Cc1c[nH]c2ccccc12)C(=O)N(C)[C@@H](C)C(=O)N[C@@H](CC(=O)O)C(=O)N[C@H](C(=O)N[C@@H](CO)C(=O)NCC(=O)N[C@@H](CCCNC(=N)N)C(=O)N(C)[C@@H](Cc1ccccc1)C(=O)N(C)CC(=O)N[C@@H](Cc1ccc(O)cc1)C(=O)N(C)[C@@H](Cc1ccccc1)C(=O)N1CCC[C@H]1C(=O)N[C@@H](CN)C(=O)NCC(N)=O)C(C)C. The summed E-state index contributed by atoms with van der Waals surface area (Å²) in [6, 6.07) is 14.1. The van der Waals surface area contributed by atoms with Gasteiger partial charge in [0.2, 0.25) is 88.6 Å². The topological polar surface area (TPSA) is 588 Å². The van der Waals surface area contributed by atoms with Crippen LogP contribution in [0.15, 0.2) is 115 Å². The standard InChI is InChI=1S/C80H110N20O19/c1-9-64(104)90-57(37-50-40-86-53-25-17-16-24-52(50)53)76(116)97(6)46(4)69(109)92-55(38-67(107)108)72(112)95-68(45(2)3)74(114)94-59(44-101)71(111)88-42-65(105)89-54(26-18-32-85-80(83)84)75(115)98(7)61(35-47-20-12-10-13-21-47)78(118)96(5)43-66(106)91-56(34-49-28-30-51(102)31-29-49)77(117)99(8)62(36-48-22-14-11-15-23-48)79(119)100-33-19-27-60(100)73(113)93-58(39-81)70(110)87-41-63(82)103/h10-17,20-25,28-31,40,45-46,54-62,68,86,101-102H,9,18-19,26-27,32-39,41-44,81H2,1-8H3,(H2,82,103)(H,87,110)(H,88,111)(H,89,105)(H,90,104)(H,91,106)(H,92,109)(H,93,113)(H,94,114)(H,95,112)(H,107,108)(H4,83,84,85)/t46-,54-,55-,56-,57+,58-,59-,60-,61-,62-,68-/m0/s1. The van der Waals surface area contributed by atoms with Gasteiger partial charge in [0.15, 0.2) is 5.96 Å². The molecule has 39 nitrogen and oxygen atoms in total. The Morgan fingerprint density at radius 1 is 0.563 bits per heavy atom. The number of aromatic amines is 1. The number of phenols is 1. The molecule has 1 saturated heterocycles. The number of hydrogen-bond acceptors (Lipinski definition) is 20. The van der Waals surface area contributed by atoms with E-state index in [0.29, 0.717) is 28.7 Å². The highest BCUT2D eigenvalue weighted by Gasteiger charge is 2.43. The van der Waals surface area contributed by atoms with Gasteiger partial charge in [0.05, 0.1) is 32.7 Å². The third kappa shape index (κ3) is 28.4. The van der Waals surface area contributed by atoms with E-state index >= 15 is 14.4 Å². The van der Waals surface area contributed by atoms with Gasteiger partial charge in [0.25, 0.3) is 0 Å². The minimum Gasteiger partial charge on any atom is -0.508 e. The molecule has 39 heteroatoms. The number of phenolic OH excluding ortho intramolecular Hbond substituents is 1. The summed E-state index contributed by atoms with van der Waals surface area (Å²) < 4.78 is 0. The van der Waals surface area contributed by atoms with Gasteiger partial charge in [-0.3, -0.25) is 82.1 Å². The second-order valence-electron chi connectivity index (χ2n) is 29.3. The summed E-state index contributed by atoms with van der Waals surface area (Å²) in [5, 5.41) is 63.8. The number of hydrogen-bond donors (Lipinski definition) is 18. The molecule has 0 bridgehead atoms. The number of carbonyl (C=O) groups is 16. The van der Waals surface area contributed by atoms with Crippen LogP contribution in [0.2, 0.25) is 0 Å². The van der Waals surface area contributed by atoms with E-state index in [4.69, 9.17) is 22.6 Å². The van der Waals surface area contributed by atoms with Gasteiger partial charge in [-0.15, -0.1) is 0 Å². The molecule has 644 valence electrons. The zero-order valence-electron chi connectivity index (χ0n) is 67.8. The number of likely N-dealkylation sites (tertiary alicyclic amines) is 1. The molecule has 5 aromatic rings. The number of aliphatic hydroxyl groups excluding tert-OH is 1. The lowest BCUT2D eigenvalue weighted by Gasteiger charge is -2.35. The highest BCUT2D eigenvalue weighted by molar-refractivity contribution is 6.01. The Hall–Kier alpha value is -13.1. The summed E-state index contributed by atoms with van der Waals surface area (Å²) in [7, 11) is 5.19. The first-order valence-corrected chi connectivity index (χ1v) is 38.8. The van der Waals surface area contributed by atoms with Crippen molar-refractivity contribution in [2.45, 2.75) is 158 Å². The number of fused-ring (bicyclic) bond motifs is 1. The van der Waals surface area contributed by atoms with E-state index < -0.39 is 206 Å². The van der Waals surface area contributed by atoms with Gasteiger partial charge in [-0.25, -0.2) is 0 Å². The summed E-state index contributed by atoms with van der Waals surface area (Å²) >= 11 is 0. The quantitative estimate of drug-likeness (QED) is 0.0100. The fourth-order valence-corrected chi connectivity index (χ4v) is 13.3. The molecule has 0 spiro atoms. The first-order valence-electron chi connectivity index (χ1n) is 38.8. The number of carboxylic acid groups (broad SMARTS) is 1. The number of para-hydroxylation sites is 1. The summed E-state index contributed by atoms with van der Waals surface area (Å²) in [4.78, 5) is 230. The van der Waals surface area contributed by atoms with E-state index in [1.54, 1.807) is 79.9 Å². The summed E-state index contributed by atoms with van der Waals surface area (Å²) in [5.74, 6) is -15.8. The number of H-pyrrole nitrogens is 1. The molecule has 1 aliphatic heterocycles. The molecule has 6 rings (SSSR count). The molecule has 2 heterocycles. The molecule has 4 aromatic carbocycles. The average molecular weight is 1660 g/mol. The van der Waals surface area contributed by atoms with Crippen molar-refractivity contribution >= 4 is 111 Å². The number of aromatic nitrogens is 1. The van der Waals surface area contributed by atoms with Gasteiger partial charge in [-0.1, -0.05) is 112 Å². The van der Waals surface area contributed by atoms with Gasteiger partial charge in [-0.2, -0.15) is 0 Å². The summed E-state index contributed by atoms with van der Waals surface area (Å²) in [6.07, 6.45) is 0.628. The van der Waals surface area contributed by atoms with Gasteiger partial charge >= 0.3 is 5.97 Å². The van der Waals surface area contributed by atoms with Crippen molar-refractivity contribution < 1.29 is 92.0 Å². The van der Waals surface area contributed by atoms with E-state index in [-0.39, 0.29) is 76.8 Å². The third-order valence-corrected chi connectivity index (χ3v) is 20.1. The molecule has 0 aliphatic carbocycles. The van der Waals surface area contributed by atoms with Crippen LogP contribution >= 0.6 is 0 Å². The molecule has 21 N–H and O–H groups in total. The van der Waals surface area contributed by atoms with Crippen LogP contribution in [0, 0.1) is 11.3 Å². The summed E-state index contributed by atoms with van der Waals surface area (Å²) in [6.45, 7) is 2.30. The molecule has 1 aromatic heterocycles. The monoisotopic (exact) mass is 1650 g/mol. The van der Waals surface area contributed by atoms with Crippen molar-refractivity contribution in [3.8, 4) is 5.75 Å². The second-order valence-corrected chi connectivity index (χ2v) is 29.3. The van der Waals surface area contributed by atoms with Crippen molar-refractivity contribution in [1.29, 1.82) is 5.41 Å². The Morgan fingerprint density at radius 2 is 1.11 bits per heavy atom. The van der Waals surface area contributed by atoms with Crippen molar-refractivity contribution in [1.82, 2.24) is 82.7 Å². The number of primary amides is 1. The fraction of sp³-hybridized carbons (Fsp3) is 0.463. The number of aromatic hydroxyl groups is 1.